The Bertz CT molecular complexity index is 297. The number of halogens is 1. The fourth-order valence-electron chi connectivity index (χ4n) is 1.17. The third-order valence-electron chi connectivity index (χ3n) is 1.89. The van der Waals surface area contributed by atoms with Crippen LogP contribution in [0.4, 0.5) is 0 Å². The summed E-state index contributed by atoms with van der Waals surface area (Å²) in [4.78, 5) is 0. The fourth-order valence-corrected chi connectivity index (χ4v) is 1.66. The molecular formula is C10H13BrO2. The first-order chi connectivity index (χ1) is 6.19. The second kappa shape index (κ2) is 4.63. The minimum Gasteiger partial charge on any atom is -0.496 e. The monoisotopic (exact) mass is 244 g/mol. The van der Waals surface area contributed by atoms with Crippen LogP contribution in [0.5, 0.6) is 5.75 Å². The molecule has 0 aromatic heterocycles. The van der Waals surface area contributed by atoms with Crippen LogP contribution in [0.15, 0.2) is 16.6 Å². The van der Waals surface area contributed by atoms with Crippen molar-refractivity contribution in [2.75, 3.05) is 14.2 Å². The lowest BCUT2D eigenvalue weighted by molar-refractivity contribution is 0.184. The van der Waals surface area contributed by atoms with E-state index >= 15 is 0 Å². The Labute approximate surface area is 87.0 Å². The molecule has 0 bridgehead atoms. The maximum Gasteiger partial charge on any atom is 0.123 e. The average Bonchev–Trinajstić information content (AvgIpc) is 2.11. The van der Waals surface area contributed by atoms with Crippen molar-refractivity contribution in [1.82, 2.24) is 0 Å². The van der Waals surface area contributed by atoms with Crippen molar-refractivity contribution < 1.29 is 9.47 Å². The number of ether oxygens (including phenoxy) is 2. The lowest BCUT2D eigenvalue weighted by Crippen LogP contribution is -1.93. The van der Waals surface area contributed by atoms with Crippen LogP contribution < -0.4 is 4.74 Å². The van der Waals surface area contributed by atoms with Gasteiger partial charge in [-0.25, -0.2) is 0 Å². The third kappa shape index (κ3) is 2.45. The molecular weight excluding hydrogens is 232 g/mol. The van der Waals surface area contributed by atoms with Gasteiger partial charge in [0, 0.05) is 17.1 Å². The summed E-state index contributed by atoms with van der Waals surface area (Å²) in [6, 6.07) is 4.03. The molecule has 0 aliphatic rings. The van der Waals surface area contributed by atoms with Gasteiger partial charge in [-0.2, -0.15) is 0 Å². The zero-order valence-corrected chi connectivity index (χ0v) is 9.64. The van der Waals surface area contributed by atoms with E-state index < -0.39 is 0 Å². The Kier molecular flexibility index (Phi) is 3.75. The van der Waals surface area contributed by atoms with Crippen molar-refractivity contribution in [3.8, 4) is 5.75 Å². The van der Waals surface area contributed by atoms with Gasteiger partial charge in [-0.05, 0) is 24.6 Å². The number of methoxy groups -OCH3 is 2. The molecule has 2 nitrogen and oxygen atoms in total. The topological polar surface area (TPSA) is 18.5 Å². The van der Waals surface area contributed by atoms with E-state index in [0.717, 1.165) is 21.3 Å². The zero-order chi connectivity index (χ0) is 9.84. The van der Waals surface area contributed by atoms with Gasteiger partial charge >= 0.3 is 0 Å². The Morgan fingerprint density at radius 2 is 2.00 bits per heavy atom. The summed E-state index contributed by atoms with van der Waals surface area (Å²) < 4.78 is 11.3. The Morgan fingerprint density at radius 1 is 1.31 bits per heavy atom. The van der Waals surface area contributed by atoms with Gasteiger partial charge in [0.2, 0.25) is 0 Å². The molecule has 0 fully saturated rings. The van der Waals surface area contributed by atoms with Gasteiger partial charge in [-0.1, -0.05) is 15.9 Å². The summed E-state index contributed by atoms with van der Waals surface area (Å²) in [5.74, 6) is 0.890. The van der Waals surface area contributed by atoms with Crippen LogP contribution in [0, 0.1) is 6.92 Å². The molecule has 0 heterocycles. The second-order valence-electron chi connectivity index (χ2n) is 2.84. The van der Waals surface area contributed by atoms with E-state index in [0.29, 0.717) is 6.61 Å². The Hall–Kier alpha value is -0.540. The molecule has 1 rings (SSSR count). The summed E-state index contributed by atoms with van der Waals surface area (Å²) in [5.41, 5.74) is 2.22. The molecule has 0 radical (unpaired) electrons. The molecule has 0 aliphatic heterocycles. The predicted octanol–water partition coefficient (Wildman–Crippen LogP) is 2.91. The van der Waals surface area contributed by atoms with Gasteiger partial charge in [0.15, 0.2) is 0 Å². The molecule has 0 atom stereocenters. The minimum absolute atomic E-state index is 0.606. The summed E-state index contributed by atoms with van der Waals surface area (Å²) in [5, 5.41) is 0. The first-order valence-corrected chi connectivity index (χ1v) is 4.80. The van der Waals surface area contributed by atoms with E-state index in [9.17, 15) is 0 Å². The zero-order valence-electron chi connectivity index (χ0n) is 8.06. The van der Waals surface area contributed by atoms with Crippen molar-refractivity contribution in [2.24, 2.45) is 0 Å². The molecule has 0 saturated heterocycles. The predicted molar refractivity (Wildman–Crippen MR) is 56.1 cm³/mol. The van der Waals surface area contributed by atoms with Crippen molar-refractivity contribution in [3.63, 3.8) is 0 Å². The third-order valence-corrected chi connectivity index (χ3v) is 2.71. The quantitative estimate of drug-likeness (QED) is 0.815. The highest BCUT2D eigenvalue weighted by Gasteiger charge is 2.04. The average molecular weight is 245 g/mol. The molecule has 0 unspecified atom stereocenters. The summed E-state index contributed by atoms with van der Waals surface area (Å²) in [6.45, 7) is 2.62. The van der Waals surface area contributed by atoms with Crippen LogP contribution in [0.2, 0.25) is 0 Å². The maximum atomic E-state index is 5.23. The van der Waals surface area contributed by atoms with Gasteiger partial charge in [0.05, 0.1) is 13.7 Å². The summed E-state index contributed by atoms with van der Waals surface area (Å²) >= 11 is 3.47. The normalized spacial score (nSPS) is 10.2. The van der Waals surface area contributed by atoms with E-state index in [1.165, 1.54) is 0 Å². The van der Waals surface area contributed by atoms with Crippen LogP contribution in [0.25, 0.3) is 0 Å². The minimum atomic E-state index is 0.606. The van der Waals surface area contributed by atoms with Crippen molar-refractivity contribution in [3.05, 3.63) is 27.7 Å². The van der Waals surface area contributed by atoms with Gasteiger partial charge in [-0.15, -0.1) is 0 Å². The van der Waals surface area contributed by atoms with Gasteiger partial charge < -0.3 is 9.47 Å². The van der Waals surface area contributed by atoms with E-state index in [1.807, 2.05) is 19.1 Å². The van der Waals surface area contributed by atoms with Crippen LogP contribution in [-0.2, 0) is 11.3 Å². The molecule has 72 valence electrons. The Balaban J connectivity index is 3.06. The van der Waals surface area contributed by atoms with Crippen LogP contribution in [-0.4, -0.2) is 14.2 Å². The highest BCUT2D eigenvalue weighted by atomic mass is 79.9. The number of rotatable bonds is 3. The lowest BCUT2D eigenvalue weighted by Gasteiger charge is -2.09. The SMILES string of the molecule is COCc1cc(Br)c(C)c(OC)c1. The number of hydrogen-bond donors (Lipinski definition) is 0. The maximum absolute atomic E-state index is 5.23. The van der Waals surface area contributed by atoms with Crippen molar-refractivity contribution >= 4 is 15.9 Å². The molecule has 0 N–H and O–H groups in total. The molecule has 3 heteroatoms. The molecule has 0 saturated carbocycles. The van der Waals surface area contributed by atoms with E-state index in [2.05, 4.69) is 15.9 Å². The summed E-state index contributed by atoms with van der Waals surface area (Å²) in [7, 11) is 3.35. The van der Waals surface area contributed by atoms with Crippen LogP contribution in [0.3, 0.4) is 0 Å². The smallest absolute Gasteiger partial charge is 0.123 e. The molecule has 0 amide bonds. The van der Waals surface area contributed by atoms with Gasteiger partial charge in [0.1, 0.15) is 5.75 Å². The standard InChI is InChI=1S/C10H13BrO2/c1-7-9(11)4-8(6-12-2)5-10(7)13-3/h4-5H,6H2,1-3H3. The van der Waals surface area contributed by atoms with Crippen LogP contribution >= 0.6 is 15.9 Å². The van der Waals surface area contributed by atoms with E-state index in [4.69, 9.17) is 9.47 Å². The van der Waals surface area contributed by atoms with Gasteiger partial charge in [-0.3, -0.25) is 0 Å². The first-order valence-electron chi connectivity index (χ1n) is 4.01. The molecule has 1 aromatic rings. The molecule has 0 spiro atoms. The molecule has 13 heavy (non-hydrogen) atoms. The first kappa shape index (κ1) is 10.5. The van der Waals surface area contributed by atoms with E-state index in [1.54, 1.807) is 14.2 Å². The largest absolute Gasteiger partial charge is 0.496 e. The van der Waals surface area contributed by atoms with E-state index in [-0.39, 0.29) is 0 Å². The summed E-state index contributed by atoms with van der Waals surface area (Å²) in [6.07, 6.45) is 0. The Morgan fingerprint density at radius 3 is 2.54 bits per heavy atom. The van der Waals surface area contributed by atoms with Crippen molar-refractivity contribution in [1.29, 1.82) is 0 Å². The highest BCUT2D eigenvalue weighted by Crippen LogP contribution is 2.27. The fraction of sp³-hybridized carbons (Fsp3) is 0.400. The second-order valence-corrected chi connectivity index (χ2v) is 3.69. The lowest BCUT2D eigenvalue weighted by atomic mass is 10.1. The van der Waals surface area contributed by atoms with Gasteiger partial charge in [0.25, 0.3) is 0 Å². The highest BCUT2D eigenvalue weighted by molar-refractivity contribution is 9.10. The number of hydrogen-bond acceptors (Lipinski definition) is 2. The molecule has 1 aromatic carbocycles. The van der Waals surface area contributed by atoms with Crippen LogP contribution in [0.1, 0.15) is 11.1 Å². The van der Waals surface area contributed by atoms with Crippen molar-refractivity contribution in [2.45, 2.75) is 13.5 Å². The number of benzene rings is 1. The molecule has 0 aliphatic carbocycles.